The summed E-state index contributed by atoms with van der Waals surface area (Å²) in [5.41, 5.74) is 3.17. The van der Waals surface area contributed by atoms with Gasteiger partial charge in [-0.1, -0.05) is 6.92 Å². The van der Waals surface area contributed by atoms with Crippen molar-refractivity contribution >= 4 is 33.7 Å². The normalized spacial score (nSPS) is 14.3. The highest BCUT2D eigenvalue weighted by molar-refractivity contribution is 7.15. The SMILES string of the molecule is COc1ccc(OC)c(-c2cn3c(CC(=O)Nc4ccc(N5CCC(C)CC5)nc4)csc3n2)c1. The van der Waals surface area contributed by atoms with Crippen LogP contribution < -0.4 is 19.7 Å². The second kappa shape index (κ2) is 9.95. The lowest BCUT2D eigenvalue weighted by Gasteiger charge is -2.31. The van der Waals surface area contributed by atoms with E-state index in [1.54, 1.807) is 20.4 Å². The summed E-state index contributed by atoms with van der Waals surface area (Å²) in [6.45, 7) is 4.36. The second-order valence-corrected chi connectivity index (χ2v) is 9.71. The molecule has 1 aliphatic rings. The van der Waals surface area contributed by atoms with Crippen molar-refractivity contribution < 1.29 is 14.3 Å². The van der Waals surface area contributed by atoms with Crippen molar-refractivity contribution in [2.45, 2.75) is 26.2 Å². The first-order valence-corrected chi connectivity index (χ1v) is 12.6. The Morgan fingerprint density at radius 2 is 2.00 bits per heavy atom. The van der Waals surface area contributed by atoms with Gasteiger partial charge in [0, 0.05) is 35.9 Å². The first-order chi connectivity index (χ1) is 17.0. The van der Waals surface area contributed by atoms with E-state index in [1.165, 1.54) is 24.2 Å². The summed E-state index contributed by atoms with van der Waals surface area (Å²) in [6, 6.07) is 9.52. The van der Waals surface area contributed by atoms with E-state index in [2.05, 4.69) is 22.1 Å². The van der Waals surface area contributed by atoms with Crippen LogP contribution >= 0.6 is 11.3 Å². The summed E-state index contributed by atoms with van der Waals surface area (Å²) >= 11 is 1.50. The number of benzene rings is 1. The number of rotatable bonds is 7. The Bertz CT molecular complexity index is 1320. The summed E-state index contributed by atoms with van der Waals surface area (Å²) in [5, 5.41) is 4.93. The number of nitrogens with one attached hydrogen (secondary N) is 1. The summed E-state index contributed by atoms with van der Waals surface area (Å²) in [6.07, 6.45) is 6.28. The predicted octanol–water partition coefficient (Wildman–Crippen LogP) is 4.89. The molecule has 3 aromatic heterocycles. The zero-order valence-corrected chi connectivity index (χ0v) is 21.0. The molecule has 1 N–H and O–H groups in total. The van der Waals surface area contributed by atoms with Crippen LogP contribution in [0.15, 0.2) is 48.1 Å². The van der Waals surface area contributed by atoms with Crippen LogP contribution in [0.4, 0.5) is 11.5 Å². The number of ether oxygens (including phenoxy) is 2. The number of methoxy groups -OCH3 is 2. The van der Waals surface area contributed by atoms with Gasteiger partial charge in [-0.15, -0.1) is 11.3 Å². The van der Waals surface area contributed by atoms with Gasteiger partial charge in [0.2, 0.25) is 5.91 Å². The Labute approximate surface area is 208 Å². The molecule has 1 aromatic carbocycles. The van der Waals surface area contributed by atoms with Gasteiger partial charge in [0.25, 0.3) is 0 Å². The van der Waals surface area contributed by atoms with Crippen molar-refractivity contribution in [3.63, 3.8) is 0 Å². The maximum atomic E-state index is 12.8. The van der Waals surface area contributed by atoms with E-state index >= 15 is 0 Å². The van der Waals surface area contributed by atoms with Gasteiger partial charge in [-0.05, 0) is 49.1 Å². The molecule has 0 bridgehead atoms. The molecule has 0 saturated carbocycles. The highest BCUT2D eigenvalue weighted by Gasteiger charge is 2.18. The van der Waals surface area contributed by atoms with Crippen LogP contribution in [0.25, 0.3) is 16.2 Å². The molecule has 1 aliphatic heterocycles. The van der Waals surface area contributed by atoms with Crippen molar-refractivity contribution in [3.05, 3.63) is 53.8 Å². The second-order valence-electron chi connectivity index (χ2n) is 8.87. The molecule has 1 amide bonds. The summed E-state index contributed by atoms with van der Waals surface area (Å²) < 4.78 is 12.8. The molecule has 0 radical (unpaired) electrons. The van der Waals surface area contributed by atoms with Gasteiger partial charge >= 0.3 is 0 Å². The first-order valence-electron chi connectivity index (χ1n) is 11.7. The molecule has 0 aliphatic carbocycles. The van der Waals surface area contributed by atoms with Gasteiger partial charge in [-0.3, -0.25) is 9.20 Å². The fourth-order valence-corrected chi connectivity index (χ4v) is 5.23. The smallest absolute Gasteiger partial charge is 0.230 e. The number of amides is 1. The third-order valence-electron chi connectivity index (χ3n) is 6.45. The van der Waals surface area contributed by atoms with Gasteiger partial charge in [0.1, 0.15) is 17.3 Å². The van der Waals surface area contributed by atoms with E-state index < -0.39 is 0 Å². The Morgan fingerprint density at radius 1 is 1.17 bits per heavy atom. The maximum Gasteiger partial charge on any atom is 0.230 e. The minimum Gasteiger partial charge on any atom is -0.497 e. The Hall–Kier alpha value is -3.59. The molecule has 1 saturated heterocycles. The summed E-state index contributed by atoms with van der Waals surface area (Å²) in [7, 11) is 3.26. The van der Waals surface area contributed by atoms with Crippen LogP contribution in [-0.4, -0.2) is 47.6 Å². The van der Waals surface area contributed by atoms with E-state index in [0.29, 0.717) is 11.4 Å². The van der Waals surface area contributed by atoms with Crippen molar-refractivity contribution in [1.29, 1.82) is 0 Å². The lowest BCUT2D eigenvalue weighted by atomic mass is 9.99. The van der Waals surface area contributed by atoms with Crippen LogP contribution in [0.5, 0.6) is 11.5 Å². The third-order valence-corrected chi connectivity index (χ3v) is 7.34. The number of carbonyl (C=O) groups excluding carboxylic acids is 1. The van der Waals surface area contributed by atoms with Gasteiger partial charge in [-0.25, -0.2) is 9.97 Å². The predicted molar refractivity (Wildman–Crippen MR) is 139 cm³/mol. The van der Waals surface area contributed by atoms with Gasteiger partial charge < -0.3 is 19.7 Å². The molecule has 1 fully saturated rings. The van der Waals surface area contributed by atoms with E-state index in [1.807, 2.05) is 46.3 Å². The molecule has 35 heavy (non-hydrogen) atoms. The van der Waals surface area contributed by atoms with Crippen LogP contribution in [0.2, 0.25) is 0 Å². The maximum absolute atomic E-state index is 12.8. The summed E-state index contributed by atoms with van der Waals surface area (Å²) in [4.78, 5) is 25.2. The lowest BCUT2D eigenvalue weighted by Crippen LogP contribution is -2.33. The van der Waals surface area contributed by atoms with Crippen LogP contribution in [0, 0.1) is 5.92 Å². The topological polar surface area (TPSA) is 81.0 Å². The standard InChI is InChI=1S/C26H29N5O3S/c1-17-8-10-30(11-9-17)24-7-4-18(14-27-24)28-25(32)12-19-16-35-26-29-22(15-31(19)26)21-13-20(33-2)5-6-23(21)34-3/h4-7,13-17H,8-12H2,1-3H3,(H,28,32). The Kier molecular flexibility index (Phi) is 6.59. The average Bonchev–Trinajstić information content (AvgIpc) is 3.46. The van der Waals surface area contributed by atoms with E-state index in [4.69, 9.17) is 14.5 Å². The molecule has 4 aromatic rings. The number of carbonyl (C=O) groups is 1. The number of hydrogen-bond donors (Lipinski definition) is 1. The molecule has 0 atom stereocenters. The number of thiazole rings is 1. The lowest BCUT2D eigenvalue weighted by molar-refractivity contribution is -0.115. The average molecular weight is 492 g/mol. The number of anilines is 2. The van der Waals surface area contributed by atoms with Gasteiger partial charge in [-0.2, -0.15) is 0 Å². The Morgan fingerprint density at radius 3 is 2.71 bits per heavy atom. The largest absolute Gasteiger partial charge is 0.497 e. The molecule has 0 spiro atoms. The van der Waals surface area contributed by atoms with Gasteiger partial charge in [0.15, 0.2) is 4.96 Å². The number of aromatic nitrogens is 3. The minimum atomic E-state index is -0.0970. The molecule has 5 rings (SSSR count). The number of nitrogens with zero attached hydrogens (tertiary/aromatic N) is 4. The summed E-state index contributed by atoms with van der Waals surface area (Å²) in [5.74, 6) is 3.09. The molecule has 8 nitrogen and oxygen atoms in total. The van der Waals surface area contributed by atoms with E-state index in [-0.39, 0.29) is 12.3 Å². The number of fused-ring (bicyclic) bond motifs is 1. The molecule has 4 heterocycles. The molecular weight excluding hydrogens is 462 g/mol. The van der Waals surface area contributed by atoms with Gasteiger partial charge in [0.05, 0.1) is 38.2 Å². The third kappa shape index (κ3) is 4.95. The van der Waals surface area contributed by atoms with E-state index in [0.717, 1.165) is 52.5 Å². The van der Waals surface area contributed by atoms with E-state index in [9.17, 15) is 4.79 Å². The Balaban J connectivity index is 1.28. The van der Waals surface area contributed by atoms with Crippen molar-refractivity contribution in [3.8, 4) is 22.8 Å². The first kappa shape index (κ1) is 23.2. The molecular formula is C26H29N5O3S. The molecule has 182 valence electrons. The monoisotopic (exact) mass is 491 g/mol. The van der Waals surface area contributed by atoms with Crippen LogP contribution in [0.3, 0.4) is 0 Å². The van der Waals surface area contributed by atoms with Crippen molar-refractivity contribution in [2.24, 2.45) is 5.92 Å². The zero-order chi connectivity index (χ0) is 24.4. The zero-order valence-electron chi connectivity index (χ0n) is 20.2. The van der Waals surface area contributed by atoms with Crippen LogP contribution in [0.1, 0.15) is 25.5 Å². The highest BCUT2D eigenvalue weighted by Crippen LogP contribution is 2.34. The quantitative estimate of drug-likeness (QED) is 0.396. The highest BCUT2D eigenvalue weighted by atomic mass is 32.1. The van der Waals surface area contributed by atoms with Crippen molar-refractivity contribution in [1.82, 2.24) is 14.4 Å². The van der Waals surface area contributed by atoms with Crippen LogP contribution in [-0.2, 0) is 11.2 Å². The number of pyridine rings is 1. The minimum absolute atomic E-state index is 0.0970. The number of piperidine rings is 1. The molecule has 9 heteroatoms. The fraction of sp³-hybridized carbons (Fsp3) is 0.346. The molecule has 0 unspecified atom stereocenters. The fourth-order valence-electron chi connectivity index (χ4n) is 4.35. The van der Waals surface area contributed by atoms with Crippen molar-refractivity contribution in [2.75, 3.05) is 37.5 Å². The number of hydrogen-bond acceptors (Lipinski definition) is 7. The number of imidazole rings is 1.